The zero-order chi connectivity index (χ0) is 13.7. The monoisotopic (exact) mass is 257 g/mol. The Balaban J connectivity index is 2.06. The van der Waals surface area contributed by atoms with Gasteiger partial charge in [0.05, 0.1) is 6.61 Å². The third-order valence-corrected chi connectivity index (χ3v) is 2.50. The van der Waals surface area contributed by atoms with E-state index in [4.69, 9.17) is 9.47 Å². The standard InChI is InChI=1S/C15H15NO3/c1-3-18-13-5-7-14(8-6-13)19-15-9-4-12(10-16-15)11(2)17/h4-10H,3H2,1-2H3. The van der Waals surface area contributed by atoms with E-state index in [1.165, 1.54) is 13.1 Å². The molecule has 19 heavy (non-hydrogen) atoms. The summed E-state index contributed by atoms with van der Waals surface area (Å²) in [5.74, 6) is 1.91. The molecule has 0 aliphatic rings. The highest BCUT2D eigenvalue weighted by molar-refractivity contribution is 5.93. The Kier molecular flexibility index (Phi) is 4.13. The summed E-state index contributed by atoms with van der Waals surface area (Å²) in [7, 11) is 0. The van der Waals surface area contributed by atoms with Crippen LogP contribution in [0.1, 0.15) is 24.2 Å². The average molecular weight is 257 g/mol. The quantitative estimate of drug-likeness (QED) is 0.769. The van der Waals surface area contributed by atoms with Gasteiger partial charge in [0.2, 0.25) is 5.88 Å². The number of nitrogens with zero attached hydrogens (tertiary/aromatic N) is 1. The van der Waals surface area contributed by atoms with Gasteiger partial charge in [0, 0.05) is 17.8 Å². The van der Waals surface area contributed by atoms with Crippen molar-refractivity contribution in [3.8, 4) is 17.4 Å². The molecule has 0 amide bonds. The fraction of sp³-hybridized carbons (Fsp3) is 0.200. The second-order valence-electron chi connectivity index (χ2n) is 3.95. The molecular formula is C15H15NO3. The lowest BCUT2D eigenvalue weighted by atomic mass is 10.2. The van der Waals surface area contributed by atoms with Crippen molar-refractivity contribution in [3.05, 3.63) is 48.2 Å². The first kappa shape index (κ1) is 13.1. The first-order chi connectivity index (χ1) is 9.19. The van der Waals surface area contributed by atoms with E-state index in [1.807, 2.05) is 31.2 Å². The molecule has 0 atom stereocenters. The second-order valence-corrected chi connectivity index (χ2v) is 3.95. The van der Waals surface area contributed by atoms with Crippen LogP contribution < -0.4 is 9.47 Å². The highest BCUT2D eigenvalue weighted by atomic mass is 16.5. The van der Waals surface area contributed by atoms with Crippen LogP contribution in [0.5, 0.6) is 17.4 Å². The zero-order valence-electron chi connectivity index (χ0n) is 10.9. The van der Waals surface area contributed by atoms with Crippen LogP contribution in [0.3, 0.4) is 0 Å². The van der Waals surface area contributed by atoms with E-state index in [2.05, 4.69) is 4.98 Å². The van der Waals surface area contributed by atoms with Gasteiger partial charge in [0.15, 0.2) is 5.78 Å². The van der Waals surface area contributed by atoms with Gasteiger partial charge in [-0.2, -0.15) is 0 Å². The first-order valence-corrected chi connectivity index (χ1v) is 6.06. The molecule has 4 heteroatoms. The number of Topliss-reactive ketones (excluding diaryl/α,β-unsaturated/α-hetero) is 1. The van der Waals surface area contributed by atoms with Crippen molar-refractivity contribution in [2.45, 2.75) is 13.8 Å². The molecule has 1 aromatic carbocycles. The molecule has 1 aromatic heterocycles. The van der Waals surface area contributed by atoms with Crippen molar-refractivity contribution in [2.75, 3.05) is 6.61 Å². The van der Waals surface area contributed by atoms with Crippen molar-refractivity contribution in [2.24, 2.45) is 0 Å². The minimum Gasteiger partial charge on any atom is -0.494 e. The molecule has 0 bridgehead atoms. The van der Waals surface area contributed by atoms with Gasteiger partial charge in [-0.3, -0.25) is 4.79 Å². The Morgan fingerprint density at radius 3 is 2.32 bits per heavy atom. The molecule has 0 saturated heterocycles. The van der Waals surface area contributed by atoms with Crippen LogP contribution >= 0.6 is 0 Å². The molecule has 0 unspecified atom stereocenters. The highest BCUT2D eigenvalue weighted by Crippen LogP contribution is 2.22. The van der Waals surface area contributed by atoms with Crippen LogP contribution in [0.2, 0.25) is 0 Å². The van der Waals surface area contributed by atoms with Crippen LogP contribution in [-0.4, -0.2) is 17.4 Å². The van der Waals surface area contributed by atoms with Gasteiger partial charge in [-0.05, 0) is 44.2 Å². The lowest BCUT2D eigenvalue weighted by Crippen LogP contribution is -1.94. The highest BCUT2D eigenvalue weighted by Gasteiger charge is 2.02. The Bertz CT molecular complexity index is 547. The fourth-order valence-electron chi connectivity index (χ4n) is 1.54. The van der Waals surface area contributed by atoms with E-state index >= 15 is 0 Å². The third-order valence-electron chi connectivity index (χ3n) is 2.50. The molecule has 0 aliphatic heterocycles. The van der Waals surface area contributed by atoms with Gasteiger partial charge in [-0.25, -0.2) is 4.98 Å². The summed E-state index contributed by atoms with van der Waals surface area (Å²) in [5, 5.41) is 0. The maximum atomic E-state index is 11.1. The summed E-state index contributed by atoms with van der Waals surface area (Å²) >= 11 is 0. The van der Waals surface area contributed by atoms with Crippen molar-refractivity contribution >= 4 is 5.78 Å². The molecule has 2 rings (SSSR count). The third kappa shape index (κ3) is 3.55. The molecular weight excluding hydrogens is 242 g/mol. The minimum atomic E-state index is -0.0138. The van der Waals surface area contributed by atoms with Crippen molar-refractivity contribution < 1.29 is 14.3 Å². The van der Waals surface area contributed by atoms with E-state index in [9.17, 15) is 4.79 Å². The predicted octanol–water partition coefficient (Wildman–Crippen LogP) is 3.48. The minimum absolute atomic E-state index is 0.0138. The van der Waals surface area contributed by atoms with Gasteiger partial charge < -0.3 is 9.47 Å². The maximum Gasteiger partial charge on any atom is 0.219 e. The number of carbonyl (C=O) groups excluding carboxylic acids is 1. The molecule has 0 N–H and O–H groups in total. The van der Waals surface area contributed by atoms with E-state index in [0.717, 1.165) is 5.75 Å². The molecule has 98 valence electrons. The Hall–Kier alpha value is -2.36. The van der Waals surface area contributed by atoms with Crippen LogP contribution in [0, 0.1) is 0 Å². The SMILES string of the molecule is CCOc1ccc(Oc2ccc(C(C)=O)cn2)cc1. The number of hydrogen-bond acceptors (Lipinski definition) is 4. The number of ether oxygens (including phenoxy) is 2. The van der Waals surface area contributed by atoms with E-state index in [-0.39, 0.29) is 5.78 Å². The van der Waals surface area contributed by atoms with Gasteiger partial charge >= 0.3 is 0 Å². The van der Waals surface area contributed by atoms with Crippen molar-refractivity contribution in [3.63, 3.8) is 0 Å². The van der Waals surface area contributed by atoms with Gasteiger partial charge in [0.25, 0.3) is 0 Å². The fourth-order valence-corrected chi connectivity index (χ4v) is 1.54. The summed E-state index contributed by atoms with van der Waals surface area (Å²) in [4.78, 5) is 15.2. The number of aromatic nitrogens is 1. The number of benzene rings is 1. The van der Waals surface area contributed by atoms with Crippen LogP contribution in [0.15, 0.2) is 42.6 Å². The Labute approximate surface area is 112 Å². The molecule has 4 nitrogen and oxygen atoms in total. The van der Waals surface area contributed by atoms with Crippen molar-refractivity contribution in [1.29, 1.82) is 0 Å². The molecule has 0 fully saturated rings. The number of carbonyl (C=O) groups is 1. The average Bonchev–Trinajstić information content (AvgIpc) is 2.42. The summed E-state index contributed by atoms with van der Waals surface area (Å²) in [6, 6.07) is 10.7. The van der Waals surface area contributed by atoms with Crippen LogP contribution in [0.4, 0.5) is 0 Å². The molecule has 0 saturated carbocycles. The van der Waals surface area contributed by atoms with Gasteiger partial charge in [-0.15, -0.1) is 0 Å². The van der Waals surface area contributed by atoms with Crippen LogP contribution in [0.25, 0.3) is 0 Å². The number of rotatable bonds is 5. The van der Waals surface area contributed by atoms with E-state index in [0.29, 0.717) is 23.8 Å². The van der Waals surface area contributed by atoms with Crippen molar-refractivity contribution in [1.82, 2.24) is 4.98 Å². The predicted molar refractivity (Wildman–Crippen MR) is 71.9 cm³/mol. The molecule has 0 spiro atoms. The van der Waals surface area contributed by atoms with Gasteiger partial charge in [-0.1, -0.05) is 0 Å². The van der Waals surface area contributed by atoms with E-state index in [1.54, 1.807) is 12.1 Å². The lowest BCUT2D eigenvalue weighted by Gasteiger charge is -2.06. The Morgan fingerprint density at radius 1 is 1.11 bits per heavy atom. The summed E-state index contributed by atoms with van der Waals surface area (Å²) in [5.41, 5.74) is 0.569. The largest absolute Gasteiger partial charge is 0.494 e. The van der Waals surface area contributed by atoms with Crippen LogP contribution in [-0.2, 0) is 0 Å². The topological polar surface area (TPSA) is 48.4 Å². The normalized spacial score (nSPS) is 10.0. The maximum absolute atomic E-state index is 11.1. The second kappa shape index (κ2) is 6.00. The zero-order valence-corrected chi connectivity index (χ0v) is 10.9. The smallest absolute Gasteiger partial charge is 0.219 e. The number of hydrogen-bond donors (Lipinski definition) is 0. The summed E-state index contributed by atoms with van der Waals surface area (Å²) in [6.45, 7) is 4.07. The molecule has 1 heterocycles. The lowest BCUT2D eigenvalue weighted by molar-refractivity contribution is 0.101. The van der Waals surface area contributed by atoms with Gasteiger partial charge in [0.1, 0.15) is 11.5 Å². The number of ketones is 1. The first-order valence-electron chi connectivity index (χ1n) is 6.06. The molecule has 2 aromatic rings. The molecule has 0 radical (unpaired) electrons. The number of pyridine rings is 1. The van der Waals surface area contributed by atoms with E-state index < -0.39 is 0 Å². The Morgan fingerprint density at radius 2 is 1.79 bits per heavy atom. The molecule has 0 aliphatic carbocycles. The summed E-state index contributed by atoms with van der Waals surface area (Å²) < 4.78 is 10.9. The summed E-state index contributed by atoms with van der Waals surface area (Å²) in [6.07, 6.45) is 1.51.